The van der Waals surface area contributed by atoms with Crippen LogP contribution in [0, 0.1) is 5.92 Å². The van der Waals surface area contributed by atoms with Gasteiger partial charge in [-0.25, -0.2) is 0 Å². The van der Waals surface area contributed by atoms with Crippen LogP contribution in [0.4, 0.5) is 0 Å². The fourth-order valence-corrected chi connectivity index (χ4v) is 3.81. The van der Waals surface area contributed by atoms with Crippen LogP contribution >= 0.6 is 11.8 Å². The van der Waals surface area contributed by atoms with Gasteiger partial charge in [0.15, 0.2) is 0 Å². The predicted molar refractivity (Wildman–Crippen MR) is 79.7 cm³/mol. The van der Waals surface area contributed by atoms with E-state index in [4.69, 9.17) is 4.74 Å². The van der Waals surface area contributed by atoms with E-state index in [1.165, 1.54) is 37.2 Å². The molecule has 2 fully saturated rings. The maximum Gasteiger partial charge on any atom is 0.120 e. The van der Waals surface area contributed by atoms with Gasteiger partial charge in [0.05, 0.1) is 12.2 Å². The molecule has 3 rings (SSSR count). The molecule has 0 radical (unpaired) electrons. The van der Waals surface area contributed by atoms with Gasteiger partial charge in [0.2, 0.25) is 0 Å². The molecule has 1 atom stereocenters. The van der Waals surface area contributed by atoms with Gasteiger partial charge in [0.25, 0.3) is 0 Å². The molecule has 1 heterocycles. The lowest BCUT2D eigenvalue weighted by Crippen LogP contribution is -2.13. The summed E-state index contributed by atoms with van der Waals surface area (Å²) in [5.41, 5.74) is 1.01. The first-order chi connectivity index (χ1) is 9.31. The highest BCUT2D eigenvalue weighted by molar-refractivity contribution is 7.99. The molecule has 1 aromatic carbocycles. The van der Waals surface area contributed by atoms with Crippen molar-refractivity contribution < 1.29 is 9.84 Å². The number of aliphatic hydroxyl groups excluding tert-OH is 1. The van der Waals surface area contributed by atoms with Crippen molar-refractivity contribution in [2.75, 3.05) is 11.5 Å². The highest BCUT2D eigenvalue weighted by atomic mass is 32.2. The van der Waals surface area contributed by atoms with E-state index in [1.54, 1.807) is 0 Å². The molecule has 1 N–H and O–H groups in total. The average molecular weight is 278 g/mol. The van der Waals surface area contributed by atoms with E-state index in [0.717, 1.165) is 17.7 Å². The van der Waals surface area contributed by atoms with E-state index in [1.807, 2.05) is 36.0 Å². The Labute approximate surface area is 119 Å². The summed E-state index contributed by atoms with van der Waals surface area (Å²) < 4.78 is 5.79. The Bertz CT molecular complexity index is 411. The van der Waals surface area contributed by atoms with Crippen molar-refractivity contribution in [1.29, 1.82) is 0 Å². The molecule has 1 aliphatic heterocycles. The number of ether oxygens (including phenoxy) is 1. The maximum atomic E-state index is 10.4. The van der Waals surface area contributed by atoms with Gasteiger partial charge in [-0.2, -0.15) is 11.8 Å². The lowest BCUT2D eigenvalue weighted by atomic mass is 9.92. The van der Waals surface area contributed by atoms with Crippen LogP contribution in [0.1, 0.15) is 43.8 Å². The van der Waals surface area contributed by atoms with Crippen LogP contribution in [0.5, 0.6) is 5.75 Å². The summed E-state index contributed by atoms with van der Waals surface area (Å²) in [4.78, 5) is 0. The van der Waals surface area contributed by atoms with Crippen molar-refractivity contribution in [1.82, 2.24) is 0 Å². The van der Waals surface area contributed by atoms with Crippen LogP contribution in [-0.4, -0.2) is 22.7 Å². The molecule has 0 bridgehead atoms. The molecule has 3 heteroatoms. The van der Waals surface area contributed by atoms with Gasteiger partial charge in [-0.3, -0.25) is 0 Å². The molecule has 1 saturated carbocycles. The second-order valence-corrected chi connectivity index (χ2v) is 6.92. The minimum Gasteiger partial charge on any atom is -0.490 e. The molecule has 1 unspecified atom stereocenters. The highest BCUT2D eigenvalue weighted by Gasteiger charge is 2.24. The first kappa shape index (κ1) is 13.3. The number of benzene rings is 1. The molecule has 0 aromatic heterocycles. The normalized spacial score (nSPS) is 22.2. The van der Waals surface area contributed by atoms with Crippen LogP contribution in [0.3, 0.4) is 0 Å². The first-order valence-electron chi connectivity index (χ1n) is 7.33. The molecule has 1 aliphatic carbocycles. The molecule has 1 aromatic rings. The Morgan fingerprint density at radius 1 is 1.21 bits per heavy atom. The van der Waals surface area contributed by atoms with E-state index in [2.05, 4.69) is 0 Å². The molecule has 0 amide bonds. The SMILES string of the molecule is OC(CC1CCSCC1)c1cccc(OC2CC2)c1. The number of thioether (sulfide) groups is 1. The Morgan fingerprint density at radius 3 is 2.74 bits per heavy atom. The van der Waals surface area contributed by atoms with Crippen LogP contribution < -0.4 is 4.74 Å². The Hall–Kier alpha value is -0.670. The van der Waals surface area contributed by atoms with Gasteiger partial charge in [0.1, 0.15) is 5.75 Å². The zero-order valence-electron chi connectivity index (χ0n) is 11.3. The Morgan fingerprint density at radius 2 is 2.00 bits per heavy atom. The predicted octanol–water partition coefficient (Wildman–Crippen LogP) is 3.79. The summed E-state index contributed by atoms with van der Waals surface area (Å²) in [5.74, 6) is 4.10. The molecule has 0 spiro atoms. The Kier molecular flexibility index (Phi) is 4.34. The van der Waals surface area contributed by atoms with Gasteiger partial charge < -0.3 is 9.84 Å². The van der Waals surface area contributed by atoms with E-state index in [-0.39, 0.29) is 6.10 Å². The summed E-state index contributed by atoms with van der Waals surface area (Å²) in [6.07, 6.45) is 5.82. The van der Waals surface area contributed by atoms with Crippen LogP contribution in [0.25, 0.3) is 0 Å². The molecule has 1 saturated heterocycles. The fourth-order valence-electron chi connectivity index (χ4n) is 2.61. The smallest absolute Gasteiger partial charge is 0.120 e. The van der Waals surface area contributed by atoms with Crippen molar-refractivity contribution in [3.63, 3.8) is 0 Å². The zero-order valence-corrected chi connectivity index (χ0v) is 12.1. The first-order valence-corrected chi connectivity index (χ1v) is 8.49. The van der Waals surface area contributed by atoms with Crippen LogP contribution in [0.15, 0.2) is 24.3 Å². The maximum absolute atomic E-state index is 10.4. The summed E-state index contributed by atoms with van der Waals surface area (Å²) in [5, 5.41) is 10.4. The molecule has 2 nitrogen and oxygen atoms in total. The molecule has 104 valence electrons. The molecular weight excluding hydrogens is 256 g/mol. The van der Waals surface area contributed by atoms with E-state index < -0.39 is 0 Å². The fraction of sp³-hybridized carbons (Fsp3) is 0.625. The highest BCUT2D eigenvalue weighted by Crippen LogP contribution is 2.33. The molecule has 2 aliphatic rings. The van der Waals surface area contributed by atoms with Crippen LogP contribution in [0.2, 0.25) is 0 Å². The quantitative estimate of drug-likeness (QED) is 0.888. The van der Waals surface area contributed by atoms with Gasteiger partial charge in [-0.1, -0.05) is 12.1 Å². The number of aliphatic hydroxyl groups is 1. The van der Waals surface area contributed by atoms with Gasteiger partial charge >= 0.3 is 0 Å². The van der Waals surface area contributed by atoms with Crippen molar-refractivity contribution >= 4 is 11.8 Å². The third-order valence-electron chi connectivity index (χ3n) is 3.97. The lowest BCUT2D eigenvalue weighted by Gasteiger charge is -2.24. The summed E-state index contributed by atoms with van der Waals surface area (Å²) in [7, 11) is 0. The summed E-state index contributed by atoms with van der Waals surface area (Å²) in [6, 6.07) is 8.02. The molecular formula is C16H22O2S. The standard InChI is InChI=1S/C16H22O2S/c17-16(10-12-6-8-19-9-7-12)13-2-1-3-15(11-13)18-14-4-5-14/h1-3,11-12,14,16-17H,4-10H2. The molecule has 19 heavy (non-hydrogen) atoms. The van der Waals surface area contributed by atoms with E-state index in [0.29, 0.717) is 12.0 Å². The second-order valence-electron chi connectivity index (χ2n) is 5.70. The van der Waals surface area contributed by atoms with Crippen molar-refractivity contribution in [2.45, 2.75) is 44.3 Å². The second kappa shape index (κ2) is 6.19. The van der Waals surface area contributed by atoms with Crippen molar-refractivity contribution in [2.24, 2.45) is 5.92 Å². The third kappa shape index (κ3) is 3.90. The summed E-state index contributed by atoms with van der Waals surface area (Å²) >= 11 is 2.04. The third-order valence-corrected chi connectivity index (χ3v) is 5.02. The largest absolute Gasteiger partial charge is 0.490 e. The van der Waals surface area contributed by atoms with Crippen molar-refractivity contribution in [3.8, 4) is 5.75 Å². The topological polar surface area (TPSA) is 29.5 Å². The zero-order chi connectivity index (χ0) is 13.1. The van der Waals surface area contributed by atoms with Gasteiger partial charge in [-0.05, 0) is 67.2 Å². The minimum atomic E-state index is -0.337. The van der Waals surface area contributed by atoms with E-state index in [9.17, 15) is 5.11 Å². The Balaban J connectivity index is 1.59. The van der Waals surface area contributed by atoms with Crippen molar-refractivity contribution in [3.05, 3.63) is 29.8 Å². The number of hydrogen-bond donors (Lipinski definition) is 1. The van der Waals surface area contributed by atoms with Gasteiger partial charge in [0, 0.05) is 0 Å². The summed E-state index contributed by atoms with van der Waals surface area (Å²) in [6.45, 7) is 0. The number of hydrogen-bond acceptors (Lipinski definition) is 3. The number of rotatable bonds is 5. The minimum absolute atomic E-state index is 0.337. The monoisotopic (exact) mass is 278 g/mol. The van der Waals surface area contributed by atoms with Crippen LogP contribution in [-0.2, 0) is 0 Å². The average Bonchev–Trinajstić information content (AvgIpc) is 3.24. The van der Waals surface area contributed by atoms with Gasteiger partial charge in [-0.15, -0.1) is 0 Å². The lowest BCUT2D eigenvalue weighted by molar-refractivity contribution is 0.140. The van der Waals surface area contributed by atoms with E-state index >= 15 is 0 Å².